The highest BCUT2D eigenvalue weighted by molar-refractivity contribution is 5.94. The van der Waals surface area contributed by atoms with Gasteiger partial charge in [0.15, 0.2) is 6.10 Å². The molecule has 1 N–H and O–H groups in total. The fourth-order valence-electron chi connectivity index (χ4n) is 3.33. The third-order valence-corrected chi connectivity index (χ3v) is 4.86. The number of ether oxygens (including phenoxy) is 1. The number of hydrogen-bond donors (Lipinski definition) is 1. The Morgan fingerprint density at radius 3 is 2.38 bits per heavy atom. The van der Waals surface area contributed by atoms with Crippen LogP contribution in [0.5, 0.6) is 5.75 Å². The fraction of sp³-hybridized carbons (Fsp3) is 0.409. The number of benzene rings is 2. The van der Waals surface area contributed by atoms with Crippen LogP contribution in [0.3, 0.4) is 0 Å². The second kappa shape index (κ2) is 8.26. The SMILES string of the molecule is Cc1ccc(OC(C)C(=O)Nc2ccc(N3CCCCC3)cc2)c(C)c1. The van der Waals surface area contributed by atoms with Gasteiger partial charge in [0.05, 0.1) is 0 Å². The number of anilines is 2. The summed E-state index contributed by atoms with van der Waals surface area (Å²) in [5, 5.41) is 2.94. The monoisotopic (exact) mass is 352 g/mol. The lowest BCUT2D eigenvalue weighted by Crippen LogP contribution is -2.30. The molecule has 0 aromatic heterocycles. The molecule has 1 fully saturated rings. The van der Waals surface area contributed by atoms with Crippen molar-refractivity contribution >= 4 is 17.3 Å². The van der Waals surface area contributed by atoms with Crippen LogP contribution in [0, 0.1) is 13.8 Å². The number of nitrogens with zero attached hydrogens (tertiary/aromatic N) is 1. The molecule has 1 atom stereocenters. The summed E-state index contributed by atoms with van der Waals surface area (Å²) < 4.78 is 5.83. The summed E-state index contributed by atoms with van der Waals surface area (Å²) >= 11 is 0. The zero-order valence-electron chi connectivity index (χ0n) is 15.9. The molecular formula is C22H28N2O2. The maximum absolute atomic E-state index is 12.4. The Balaban J connectivity index is 1.58. The Bertz CT molecular complexity index is 749. The number of piperidine rings is 1. The molecule has 0 aliphatic carbocycles. The summed E-state index contributed by atoms with van der Waals surface area (Å²) in [5.41, 5.74) is 4.24. The van der Waals surface area contributed by atoms with E-state index in [1.54, 1.807) is 6.92 Å². The molecule has 0 bridgehead atoms. The van der Waals surface area contributed by atoms with Gasteiger partial charge in [-0.25, -0.2) is 0 Å². The van der Waals surface area contributed by atoms with Crippen LogP contribution in [0.1, 0.15) is 37.3 Å². The van der Waals surface area contributed by atoms with E-state index in [-0.39, 0.29) is 5.91 Å². The summed E-state index contributed by atoms with van der Waals surface area (Å²) in [6.07, 6.45) is 3.28. The van der Waals surface area contributed by atoms with Crippen LogP contribution in [0.2, 0.25) is 0 Å². The van der Waals surface area contributed by atoms with Crippen molar-refractivity contribution in [2.45, 2.75) is 46.1 Å². The van der Waals surface area contributed by atoms with Crippen LogP contribution in [0.25, 0.3) is 0 Å². The number of carbonyl (C=O) groups excluding carboxylic acids is 1. The van der Waals surface area contributed by atoms with Gasteiger partial charge >= 0.3 is 0 Å². The molecule has 4 heteroatoms. The predicted octanol–water partition coefficient (Wildman–Crippen LogP) is 4.70. The second-order valence-corrected chi connectivity index (χ2v) is 7.11. The van der Waals surface area contributed by atoms with E-state index in [1.807, 2.05) is 38.1 Å². The van der Waals surface area contributed by atoms with E-state index < -0.39 is 6.10 Å². The van der Waals surface area contributed by atoms with E-state index in [0.717, 1.165) is 30.1 Å². The van der Waals surface area contributed by atoms with Gasteiger partial charge in [-0.2, -0.15) is 0 Å². The quantitative estimate of drug-likeness (QED) is 0.848. The number of aryl methyl sites for hydroxylation is 2. The first-order valence-corrected chi connectivity index (χ1v) is 9.43. The van der Waals surface area contributed by atoms with E-state index >= 15 is 0 Å². The van der Waals surface area contributed by atoms with Crippen LogP contribution < -0.4 is 15.0 Å². The highest BCUT2D eigenvalue weighted by Gasteiger charge is 2.16. The van der Waals surface area contributed by atoms with Crippen molar-refractivity contribution in [3.63, 3.8) is 0 Å². The van der Waals surface area contributed by atoms with Gasteiger partial charge in [-0.3, -0.25) is 4.79 Å². The van der Waals surface area contributed by atoms with Crippen molar-refractivity contribution in [2.24, 2.45) is 0 Å². The number of carbonyl (C=O) groups is 1. The van der Waals surface area contributed by atoms with E-state index in [2.05, 4.69) is 28.4 Å². The molecule has 4 nitrogen and oxygen atoms in total. The molecular weight excluding hydrogens is 324 g/mol. The number of rotatable bonds is 5. The zero-order valence-corrected chi connectivity index (χ0v) is 15.9. The minimum absolute atomic E-state index is 0.143. The molecule has 26 heavy (non-hydrogen) atoms. The van der Waals surface area contributed by atoms with Crippen molar-refractivity contribution in [1.29, 1.82) is 0 Å². The molecule has 1 aliphatic rings. The van der Waals surface area contributed by atoms with E-state index in [9.17, 15) is 4.79 Å². The Morgan fingerprint density at radius 2 is 1.73 bits per heavy atom. The van der Waals surface area contributed by atoms with Gasteiger partial charge in [-0.1, -0.05) is 17.7 Å². The summed E-state index contributed by atoms with van der Waals surface area (Å²) in [6.45, 7) is 8.04. The first-order valence-electron chi connectivity index (χ1n) is 9.43. The smallest absolute Gasteiger partial charge is 0.265 e. The van der Waals surface area contributed by atoms with Crippen LogP contribution >= 0.6 is 0 Å². The van der Waals surface area contributed by atoms with Crippen LogP contribution in [-0.2, 0) is 4.79 Å². The average molecular weight is 352 g/mol. The molecule has 138 valence electrons. The minimum Gasteiger partial charge on any atom is -0.481 e. The highest BCUT2D eigenvalue weighted by atomic mass is 16.5. The summed E-state index contributed by atoms with van der Waals surface area (Å²) in [6, 6.07) is 14.1. The lowest BCUT2D eigenvalue weighted by molar-refractivity contribution is -0.122. The van der Waals surface area contributed by atoms with E-state index in [1.165, 1.54) is 30.5 Å². The molecule has 1 saturated heterocycles. The molecule has 2 aromatic rings. The minimum atomic E-state index is -0.557. The Labute approximate surface area is 156 Å². The van der Waals surface area contributed by atoms with Crippen LogP contribution in [0.4, 0.5) is 11.4 Å². The highest BCUT2D eigenvalue weighted by Crippen LogP contribution is 2.23. The van der Waals surface area contributed by atoms with Crippen LogP contribution in [-0.4, -0.2) is 25.1 Å². The first-order chi connectivity index (χ1) is 12.5. The van der Waals surface area contributed by atoms with Gasteiger partial charge in [0.2, 0.25) is 0 Å². The Kier molecular flexibility index (Phi) is 5.82. The second-order valence-electron chi connectivity index (χ2n) is 7.11. The van der Waals surface area contributed by atoms with Gasteiger partial charge in [0.1, 0.15) is 5.75 Å². The normalized spacial score (nSPS) is 15.4. The zero-order chi connectivity index (χ0) is 18.5. The third kappa shape index (κ3) is 4.57. The topological polar surface area (TPSA) is 41.6 Å². The van der Waals surface area contributed by atoms with Crippen molar-refractivity contribution in [2.75, 3.05) is 23.3 Å². The van der Waals surface area contributed by atoms with Gasteiger partial charge in [-0.15, -0.1) is 0 Å². The summed E-state index contributed by atoms with van der Waals surface area (Å²) in [7, 11) is 0. The van der Waals surface area contributed by atoms with Gasteiger partial charge in [0.25, 0.3) is 5.91 Å². The number of amides is 1. The standard InChI is InChI=1S/C22H28N2O2/c1-16-7-12-21(17(2)15-16)26-18(3)22(25)23-19-8-10-20(11-9-19)24-13-5-4-6-14-24/h7-12,15,18H,4-6,13-14H2,1-3H3,(H,23,25). The Hall–Kier alpha value is -2.49. The lowest BCUT2D eigenvalue weighted by Gasteiger charge is -2.28. The lowest BCUT2D eigenvalue weighted by atomic mass is 10.1. The molecule has 1 unspecified atom stereocenters. The molecule has 3 rings (SSSR count). The fourth-order valence-corrected chi connectivity index (χ4v) is 3.33. The molecule has 1 amide bonds. The van der Waals surface area contributed by atoms with Gasteiger partial charge < -0.3 is 15.0 Å². The van der Waals surface area contributed by atoms with Crippen LogP contribution in [0.15, 0.2) is 42.5 Å². The van der Waals surface area contributed by atoms with Crippen molar-refractivity contribution < 1.29 is 9.53 Å². The average Bonchev–Trinajstić information content (AvgIpc) is 2.65. The molecule has 0 saturated carbocycles. The predicted molar refractivity (Wildman–Crippen MR) is 107 cm³/mol. The summed E-state index contributed by atoms with van der Waals surface area (Å²) in [5.74, 6) is 0.606. The largest absolute Gasteiger partial charge is 0.481 e. The van der Waals surface area contributed by atoms with E-state index in [0.29, 0.717) is 0 Å². The third-order valence-electron chi connectivity index (χ3n) is 4.86. The van der Waals surface area contributed by atoms with Gasteiger partial charge in [0, 0.05) is 24.5 Å². The Morgan fingerprint density at radius 1 is 1.04 bits per heavy atom. The molecule has 0 spiro atoms. The molecule has 1 heterocycles. The van der Waals surface area contributed by atoms with Crippen molar-refractivity contribution in [3.8, 4) is 5.75 Å². The maximum atomic E-state index is 12.4. The van der Waals surface area contributed by atoms with Gasteiger partial charge in [-0.05, 0) is 75.9 Å². The molecule has 0 radical (unpaired) electrons. The maximum Gasteiger partial charge on any atom is 0.265 e. The number of nitrogens with one attached hydrogen (secondary N) is 1. The van der Waals surface area contributed by atoms with E-state index in [4.69, 9.17) is 4.74 Å². The molecule has 1 aliphatic heterocycles. The number of hydrogen-bond acceptors (Lipinski definition) is 3. The first kappa shape index (κ1) is 18.3. The summed E-state index contributed by atoms with van der Waals surface area (Å²) in [4.78, 5) is 14.8. The molecule has 2 aromatic carbocycles. The van der Waals surface area contributed by atoms with Crippen molar-refractivity contribution in [1.82, 2.24) is 0 Å². The van der Waals surface area contributed by atoms with Crippen molar-refractivity contribution in [3.05, 3.63) is 53.6 Å².